The molecule has 38 heavy (non-hydrogen) atoms. The number of imide groups is 1. The van der Waals surface area contributed by atoms with E-state index < -0.39 is 5.54 Å². The van der Waals surface area contributed by atoms with Gasteiger partial charge >= 0.3 is 6.03 Å². The molecule has 0 aliphatic carbocycles. The first-order chi connectivity index (χ1) is 18.3. The summed E-state index contributed by atoms with van der Waals surface area (Å²) >= 11 is 0. The lowest BCUT2D eigenvalue weighted by molar-refractivity contribution is -0.136. The Morgan fingerprint density at radius 1 is 0.842 bits per heavy atom. The molecule has 0 unspecified atom stereocenters. The van der Waals surface area contributed by atoms with Crippen molar-refractivity contribution < 1.29 is 28.5 Å². The number of nitrogens with zero attached hydrogens (tertiary/aromatic N) is 3. The van der Waals surface area contributed by atoms with E-state index >= 15 is 0 Å². The molecule has 2 aliphatic rings. The molecule has 0 aromatic heterocycles. The molecule has 4 rings (SSSR count). The molecule has 2 fully saturated rings. The van der Waals surface area contributed by atoms with Crippen molar-refractivity contribution in [2.24, 2.45) is 0 Å². The lowest BCUT2D eigenvalue weighted by Crippen LogP contribution is -2.56. The minimum Gasteiger partial charge on any atom is -0.497 e. The summed E-state index contributed by atoms with van der Waals surface area (Å²) in [6.45, 7) is 6.59. The van der Waals surface area contributed by atoms with Gasteiger partial charge in [0.25, 0.3) is 5.91 Å². The quantitative estimate of drug-likeness (QED) is 0.351. The zero-order valence-electron chi connectivity index (χ0n) is 23.2. The fraction of sp³-hybridized carbons (Fsp3) is 0.500. The molecule has 0 N–H and O–H groups in total. The average Bonchev–Trinajstić information content (AvgIpc) is 3.13. The first kappa shape index (κ1) is 27.6. The Bertz CT molecular complexity index is 1160. The molecule has 203 valence electrons. The fourth-order valence-corrected chi connectivity index (χ4v) is 5.71. The number of urea groups is 1. The molecule has 0 bridgehead atoms. The van der Waals surface area contributed by atoms with Crippen LogP contribution in [0.25, 0.3) is 0 Å². The maximum atomic E-state index is 13.9. The van der Waals surface area contributed by atoms with Gasteiger partial charge in [0.15, 0.2) is 7.28 Å². The van der Waals surface area contributed by atoms with E-state index in [1.807, 2.05) is 45.3 Å². The van der Waals surface area contributed by atoms with Crippen molar-refractivity contribution in [2.75, 3.05) is 48.1 Å². The van der Waals surface area contributed by atoms with E-state index in [0.717, 1.165) is 28.1 Å². The van der Waals surface area contributed by atoms with Gasteiger partial charge in [0.2, 0.25) is 0 Å². The monoisotopic (exact) mass is 522 g/mol. The van der Waals surface area contributed by atoms with Gasteiger partial charge in [-0.3, -0.25) is 14.6 Å². The zero-order valence-corrected chi connectivity index (χ0v) is 23.2. The highest BCUT2D eigenvalue weighted by Gasteiger charge is 2.57. The van der Waals surface area contributed by atoms with Crippen molar-refractivity contribution in [3.05, 3.63) is 41.5 Å². The van der Waals surface area contributed by atoms with Crippen LogP contribution in [0.4, 0.5) is 4.79 Å². The van der Waals surface area contributed by atoms with E-state index in [0.29, 0.717) is 50.5 Å². The van der Waals surface area contributed by atoms with Crippen LogP contribution in [-0.2, 0) is 17.9 Å². The number of piperidine rings is 1. The predicted molar refractivity (Wildman–Crippen MR) is 146 cm³/mol. The summed E-state index contributed by atoms with van der Waals surface area (Å²) in [4.78, 5) is 33.0. The second kappa shape index (κ2) is 11.6. The van der Waals surface area contributed by atoms with Crippen molar-refractivity contribution in [1.29, 1.82) is 0 Å². The van der Waals surface area contributed by atoms with Crippen molar-refractivity contribution >= 4 is 24.7 Å². The zero-order chi connectivity index (χ0) is 27.4. The van der Waals surface area contributed by atoms with E-state index in [-0.39, 0.29) is 18.5 Å². The van der Waals surface area contributed by atoms with E-state index in [1.165, 1.54) is 4.90 Å². The van der Waals surface area contributed by atoms with E-state index in [1.54, 1.807) is 39.4 Å². The van der Waals surface area contributed by atoms with Gasteiger partial charge in [-0.15, -0.1) is 0 Å². The summed E-state index contributed by atoms with van der Waals surface area (Å²) in [5.74, 6) is 2.62. The van der Waals surface area contributed by atoms with Crippen LogP contribution in [0.15, 0.2) is 30.3 Å². The number of carbonyl (C=O) groups is 2. The summed E-state index contributed by atoms with van der Waals surface area (Å²) < 4.78 is 21.8. The lowest BCUT2D eigenvalue weighted by atomic mass is 9.70. The average molecular weight is 522 g/mol. The van der Waals surface area contributed by atoms with Gasteiger partial charge in [0, 0.05) is 38.3 Å². The molecule has 10 heteroatoms. The van der Waals surface area contributed by atoms with Crippen LogP contribution < -0.4 is 24.4 Å². The highest BCUT2D eigenvalue weighted by Crippen LogP contribution is 2.38. The van der Waals surface area contributed by atoms with E-state index in [9.17, 15) is 9.59 Å². The third kappa shape index (κ3) is 5.01. The van der Waals surface area contributed by atoms with Crippen LogP contribution in [-0.4, -0.2) is 87.5 Å². The van der Waals surface area contributed by atoms with Crippen molar-refractivity contribution in [2.45, 2.75) is 45.2 Å². The summed E-state index contributed by atoms with van der Waals surface area (Å²) in [6, 6.07) is 9.28. The Morgan fingerprint density at radius 2 is 1.45 bits per heavy atom. The molecule has 1 spiro atoms. The van der Waals surface area contributed by atoms with Crippen molar-refractivity contribution in [3.63, 3.8) is 0 Å². The molecule has 9 nitrogen and oxygen atoms in total. The van der Waals surface area contributed by atoms with Gasteiger partial charge in [-0.2, -0.15) is 0 Å². The third-order valence-corrected chi connectivity index (χ3v) is 7.71. The number of carbonyl (C=O) groups excluding carboxylic acids is 2. The van der Waals surface area contributed by atoms with Gasteiger partial charge in [-0.1, -0.05) is 6.82 Å². The van der Waals surface area contributed by atoms with Gasteiger partial charge in [-0.25, -0.2) is 4.79 Å². The molecule has 2 saturated heterocycles. The smallest absolute Gasteiger partial charge is 0.327 e. The number of methoxy groups -OCH3 is 4. The molecule has 3 amide bonds. The number of likely N-dealkylation sites (N-methyl/N-ethyl adjacent to an activating group) is 1. The van der Waals surface area contributed by atoms with Crippen molar-refractivity contribution in [1.82, 2.24) is 14.7 Å². The number of benzene rings is 2. The van der Waals surface area contributed by atoms with Gasteiger partial charge < -0.3 is 23.8 Å². The minimum absolute atomic E-state index is 0.129. The number of rotatable bonds is 10. The van der Waals surface area contributed by atoms with E-state index in [4.69, 9.17) is 18.9 Å². The van der Waals surface area contributed by atoms with Crippen LogP contribution in [0.5, 0.6) is 23.0 Å². The molecule has 1 radical (unpaired) electrons. The van der Waals surface area contributed by atoms with Crippen LogP contribution in [0, 0.1) is 0 Å². The summed E-state index contributed by atoms with van der Waals surface area (Å²) in [5, 5.41) is 0. The molecule has 0 atom stereocenters. The Balaban J connectivity index is 1.54. The van der Waals surface area contributed by atoms with Crippen LogP contribution in [0.2, 0.25) is 6.82 Å². The highest BCUT2D eigenvalue weighted by atomic mass is 16.5. The molecule has 2 heterocycles. The molecular weight excluding hydrogens is 485 g/mol. The van der Waals surface area contributed by atoms with E-state index in [2.05, 4.69) is 4.90 Å². The Labute approximate surface area is 225 Å². The molecule has 0 saturated carbocycles. The first-order valence-electron chi connectivity index (χ1n) is 13.0. The standard InChI is InChI=1S/C28H37BN3O6/c1-7-32-27(34)31(18-20-14-23(37-5)16-24(38-6)25(20)29-2)26(33)28(32)8-10-30(11-9-28)17-19-12-21(35-3)15-22(13-19)36-4/h12-16H,7-11,17-18H2,1-6H3. The lowest BCUT2D eigenvalue weighted by Gasteiger charge is -2.42. The number of amides is 3. The van der Waals surface area contributed by atoms with Gasteiger partial charge in [0.1, 0.15) is 28.5 Å². The Hall–Kier alpha value is -3.40. The highest BCUT2D eigenvalue weighted by molar-refractivity contribution is 6.54. The Kier molecular flexibility index (Phi) is 8.40. The maximum absolute atomic E-state index is 13.9. The van der Waals surface area contributed by atoms with Crippen LogP contribution in [0.1, 0.15) is 30.9 Å². The van der Waals surface area contributed by atoms with Gasteiger partial charge in [0.05, 0.1) is 35.0 Å². The van der Waals surface area contributed by atoms with Gasteiger partial charge in [-0.05, 0) is 54.6 Å². The predicted octanol–water partition coefficient (Wildman–Crippen LogP) is 2.92. The SMILES string of the molecule is C[B]c1c(CN2C(=O)N(CC)C3(CCN(Cc4cc(OC)cc(OC)c4)CC3)C2=O)cc(OC)cc1OC. The normalized spacial score (nSPS) is 17.2. The topological polar surface area (TPSA) is 80.8 Å². The fourth-order valence-electron chi connectivity index (χ4n) is 5.71. The number of hydrogen-bond donors (Lipinski definition) is 0. The number of ether oxygens (including phenoxy) is 4. The second-order valence-corrected chi connectivity index (χ2v) is 9.64. The second-order valence-electron chi connectivity index (χ2n) is 9.64. The van der Waals surface area contributed by atoms with Crippen LogP contribution >= 0.6 is 0 Å². The Morgan fingerprint density at radius 3 is 1.97 bits per heavy atom. The summed E-state index contributed by atoms with van der Waals surface area (Å²) in [6.07, 6.45) is 1.16. The van der Waals surface area contributed by atoms with Crippen molar-refractivity contribution in [3.8, 4) is 23.0 Å². The molecule has 2 aliphatic heterocycles. The first-order valence-corrected chi connectivity index (χ1v) is 13.0. The summed E-state index contributed by atoms with van der Waals surface area (Å²) in [5.41, 5.74) is 1.91. The molecular formula is C28H37BN3O6. The number of likely N-dealkylation sites (tertiary alicyclic amines) is 1. The third-order valence-electron chi connectivity index (χ3n) is 7.71. The molecule has 2 aromatic rings. The summed E-state index contributed by atoms with van der Waals surface area (Å²) in [7, 11) is 8.39. The number of hydrogen-bond acceptors (Lipinski definition) is 7. The van der Waals surface area contributed by atoms with Crippen LogP contribution in [0.3, 0.4) is 0 Å². The minimum atomic E-state index is -0.826. The largest absolute Gasteiger partial charge is 0.497 e. The maximum Gasteiger partial charge on any atom is 0.327 e. The molecule has 2 aromatic carbocycles.